The van der Waals surface area contributed by atoms with Gasteiger partial charge in [0.15, 0.2) is 0 Å². The zero-order valence-electron chi connectivity index (χ0n) is 11.5. The summed E-state index contributed by atoms with van der Waals surface area (Å²) >= 11 is 10.2. The standard InChI is InChI=1S/C15H21ClO2S/c1-3-4-5-6-7-11(2)18-15(17)13-10-12(19)8-9-14(13)16/h8-11,19H,3-7H2,1-2H3. The number of esters is 1. The van der Waals surface area contributed by atoms with Crippen molar-refractivity contribution in [2.75, 3.05) is 0 Å². The quantitative estimate of drug-likeness (QED) is 0.428. The lowest BCUT2D eigenvalue weighted by Gasteiger charge is -2.14. The van der Waals surface area contributed by atoms with Crippen LogP contribution in [0.3, 0.4) is 0 Å². The monoisotopic (exact) mass is 300 g/mol. The number of ether oxygens (including phenoxy) is 1. The number of carbonyl (C=O) groups is 1. The van der Waals surface area contributed by atoms with Crippen molar-refractivity contribution < 1.29 is 9.53 Å². The maximum Gasteiger partial charge on any atom is 0.339 e. The molecule has 1 unspecified atom stereocenters. The highest BCUT2D eigenvalue weighted by molar-refractivity contribution is 7.80. The summed E-state index contributed by atoms with van der Waals surface area (Å²) in [5.41, 5.74) is 0.384. The van der Waals surface area contributed by atoms with Gasteiger partial charge in [-0.1, -0.05) is 37.8 Å². The van der Waals surface area contributed by atoms with Crippen LogP contribution in [-0.2, 0) is 4.74 Å². The third kappa shape index (κ3) is 5.87. The van der Waals surface area contributed by atoms with E-state index in [1.165, 1.54) is 19.3 Å². The molecule has 0 aliphatic rings. The molecular weight excluding hydrogens is 280 g/mol. The van der Waals surface area contributed by atoms with E-state index in [2.05, 4.69) is 19.6 Å². The summed E-state index contributed by atoms with van der Waals surface area (Å²) in [6, 6.07) is 5.04. The van der Waals surface area contributed by atoms with Gasteiger partial charge in [-0.05, 0) is 38.0 Å². The molecule has 4 heteroatoms. The minimum absolute atomic E-state index is 0.0796. The van der Waals surface area contributed by atoms with Gasteiger partial charge in [-0.25, -0.2) is 4.79 Å². The van der Waals surface area contributed by atoms with Gasteiger partial charge in [0.1, 0.15) is 0 Å². The highest BCUT2D eigenvalue weighted by Crippen LogP contribution is 2.21. The molecule has 1 aromatic rings. The maximum atomic E-state index is 12.0. The lowest BCUT2D eigenvalue weighted by atomic mass is 10.1. The van der Waals surface area contributed by atoms with Crippen molar-refractivity contribution in [3.63, 3.8) is 0 Å². The van der Waals surface area contributed by atoms with Gasteiger partial charge in [0, 0.05) is 4.90 Å². The fourth-order valence-electron chi connectivity index (χ4n) is 1.83. The largest absolute Gasteiger partial charge is 0.459 e. The van der Waals surface area contributed by atoms with E-state index < -0.39 is 0 Å². The van der Waals surface area contributed by atoms with Crippen molar-refractivity contribution in [1.29, 1.82) is 0 Å². The molecule has 0 spiro atoms. The first-order valence-corrected chi connectivity index (χ1v) is 7.56. The predicted molar refractivity (Wildman–Crippen MR) is 82.3 cm³/mol. The number of hydrogen-bond donors (Lipinski definition) is 1. The molecule has 0 amide bonds. The molecule has 0 saturated carbocycles. The summed E-state index contributed by atoms with van der Waals surface area (Å²) in [4.78, 5) is 12.7. The van der Waals surface area contributed by atoms with Gasteiger partial charge in [-0.2, -0.15) is 0 Å². The second-order valence-corrected chi connectivity index (χ2v) is 5.65. The van der Waals surface area contributed by atoms with Crippen molar-refractivity contribution in [3.8, 4) is 0 Å². The van der Waals surface area contributed by atoms with Crippen LogP contribution in [-0.4, -0.2) is 12.1 Å². The number of benzene rings is 1. The molecule has 0 aromatic heterocycles. The molecule has 19 heavy (non-hydrogen) atoms. The summed E-state index contributed by atoms with van der Waals surface area (Å²) in [6.07, 6.45) is 5.52. The van der Waals surface area contributed by atoms with Crippen LogP contribution in [0.25, 0.3) is 0 Å². The molecular formula is C15H21ClO2S. The van der Waals surface area contributed by atoms with Crippen molar-refractivity contribution in [2.45, 2.75) is 57.0 Å². The van der Waals surface area contributed by atoms with Crippen LogP contribution < -0.4 is 0 Å². The SMILES string of the molecule is CCCCCCC(C)OC(=O)c1cc(S)ccc1Cl. The number of carbonyl (C=O) groups excluding carboxylic acids is 1. The van der Waals surface area contributed by atoms with E-state index in [0.29, 0.717) is 15.5 Å². The van der Waals surface area contributed by atoms with Crippen molar-refractivity contribution >= 4 is 30.2 Å². The van der Waals surface area contributed by atoms with Crippen LogP contribution in [0.2, 0.25) is 5.02 Å². The first kappa shape index (κ1) is 16.4. The summed E-state index contributed by atoms with van der Waals surface area (Å²) < 4.78 is 5.40. The summed E-state index contributed by atoms with van der Waals surface area (Å²) in [6.45, 7) is 4.10. The zero-order valence-corrected chi connectivity index (χ0v) is 13.1. The Kier molecular flexibility index (Phi) is 7.32. The summed E-state index contributed by atoms with van der Waals surface area (Å²) in [7, 11) is 0. The minimum Gasteiger partial charge on any atom is -0.459 e. The van der Waals surface area contributed by atoms with E-state index in [-0.39, 0.29) is 12.1 Å². The second kappa shape index (κ2) is 8.49. The molecule has 0 radical (unpaired) electrons. The zero-order chi connectivity index (χ0) is 14.3. The third-order valence-electron chi connectivity index (χ3n) is 2.94. The first-order valence-electron chi connectivity index (χ1n) is 6.74. The Labute approximate surface area is 125 Å². The van der Waals surface area contributed by atoms with Crippen LogP contribution in [0.4, 0.5) is 0 Å². The predicted octanol–water partition coefficient (Wildman–Crippen LogP) is 5.14. The van der Waals surface area contributed by atoms with E-state index in [4.69, 9.17) is 16.3 Å². The average Bonchev–Trinajstić information content (AvgIpc) is 2.37. The smallest absolute Gasteiger partial charge is 0.339 e. The molecule has 0 heterocycles. The van der Waals surface area contributed by atoms with E-state index in [0.717, 1.165) is 12.8 Å². The molecule has 1 atom stereocenters. The van der Waals surface area contributed by atoms with Crippen molar-refractivity contribution in [1.82, 2.24) is 0 Å². The highest BCUT2D eigenvalue weighted by atomic mass is 35.5. The van der Waals surface area contributed by atoms with E-state index in [1.54, 1.807) is 18.2 Å². The van der Waals surface area contributed by atoms with Gasteiger partial charge in [-0.15, -0.1) is 12.6 Å². The number of thiol groups is 1. The van der Waals surface area contributed by atoms with Crippen LogP contribution in [0.1, 0.15) is 56.3 Å². The lowest BCUT2D eigenvalue weighted by Crippen LogP contribution is -2.15. The van der Waals surface area contributed by atoms with Crippen LogP contribution in [0.5, 0.6) is 0 Å². The molecule has 0 aliphatic heterocycles. The van der Waals surface area contributed by atoms with Gasteiger partial charge in [-0.3, -0.25) is 0 Å². The Morgan fingerprint density at radius 3 is 2.79 bits per heavy atom. The van der Waals surface area contributed by atoms with Gasteiger partial charge in [0.05, 0.1) is 16.7 Å². The Morgan fingerprint density at radius 2 is 2.11 bits per heavy atom. The topological polar surface area (TPSA) is 26.3 Å². The van der Waals surface area contributed by atoms with Crippen LogP contribution >= 0.6 is 24.2 Å². The Morgan fingerprint density at radius 1 is 1.37 bits per heavy atom. The Bertz CT molecular complexity index is 421. The number of halogens is 1. The fourth-order valence-corrected chi connectivity index (χ4v) is 2.23. The maximum absolute atomic E-state index is 12.0. The molecule has 0 N–H and O–H groups in total. The molecule has 0 aliphatic carbocycles. The molecule has 0 saturated heterocycles. The van der Waals surface area contributed by atoms with E-state index in [1.807, 2.05) is 6.92 Å². The molecule has 2 nitrogen and oxygen atoms in total. The van der Waals surface area contributed by atoms with Crippen molar-refractivity contribution in [2.24, 2.45) is 0 Å². The highest BCUT2D eigenvalue weighted by Gasteiger charge is 2.15. The molecule has 0 fully saturated rings. The van der Waals surface area contributed by atoms with E-state index >= 15 is 0 Å². The van der Waals surface area contributed by atoms with Gasteiger partial charge in [0.2, 0.25) is 0 Å². The van der Waals surface area contributed by atoms with Crippen molar-refractivity contribution in [3.05, 3.63) is 28.8 Å². The number of unbranched alkanes of at least 4 members (excludes halogenated alkanes) is 3. The number of hydrogen-bond acceptors (Lipinski definition) is 3. The molecule has 1 aromatic carbocycles. The van der Waals surface area contributed by atoms with Gasteiger partial charge < -0.3 is 4.74 Å². The minimum atomic E-state index is -0.371. The second-order valence-electron chi connectivity index (χ2n) is 4.73. The number of rotatable bonds is 7. The Balaban J connectivity index is 2.47. The van der Waals surface area contributed by atoms with Crippen LogP contribution in [0, 0.1) is 0 Å². The van der Waals surface area contributed by atoms with Gasteiger partial charge >= 0.3 is 5.97 Å². The van der Waals surface area contributed by atoms with Gasteiger partial charge in [0.25, 0.3) is 0 Å². The molecule has 106 valence electrons. The summed E-state index contributed by atoms with van der Waals surface area (Å²) in [5.74, 6) is -0.371. The lowest BCUT2D eigenvalue weighted by molar-refractivity contribution is 0.0319. The normalized spacial score (nSPS) is 12.2. The average molecular weight is 301 g/mol. The molecule has 0 bridgehead atoms. The third-order valence-corrected chi connectivity index (χ3v) is 3.55. The van der Waals surface area contributed by atoms with Crippen LogP contribution in [0.15, 0.2) is 23.1 Å². The van der Waals surface area contributed by atoms with E-state index in [9.17, 15) is 4.79 Å². The fraction of sp³-hybridized carbons (Fsp3) is 0.533. The summed E-state index contributed by atoms with van der Waals surface area (Å²) in [5, 5.41) is 0.404. The Hall–Kier alpha value is -0.670. The first-order chi connectivity index (χ1) is 9.04. The molecule has 1 rings (SSSR count).